The van der Waals surface area contributed by atoms with E-state index in [1.54, 1.807) is 27.3 Å². The molecule has 2 unspecified atom stereocenters. The first kappa shape index (κ1) is 20.9. The van der Waals surface area contributed by atoms with E-state index in [2.05, 4.69) is 22.6 Å². The van der Waals surface area contributed by atoms with E-state index in [1.165, 1.54) is 0 Å². The zero-order valence-electron chi connectivity index (χ0n) is 12.7. The first-order chi connectivity index (χ1) is 8.36. The summed E-state index contributed by atoms with van der Waals surface area (Å²) < 4.78 is 65.5. The van der Waals surface area contributed by atoms with Crippen LogP contribution in [0.1, 0.15) is 20.8 Å². The van der Waals surface area contributed by atoms with Crippen molar-refractivity contribution in [2.75, 3.05) is 0 Å². The average Bonchev–Trinajstić information content (AvgIpc) is 2.10. The van der Waals surface area contributed by atoms with Gasteiger partial charge < -0.3 is 3.87 Å². The summed E-state index contributed by atoms with van der Waals surface area (Å²) in [6, 6.07) is 0. The van der Waals surface area contributed by atoms with Gasteiger partial charge in [0.15, 0.2) is 0 Å². The number of alkyl halides is 4. The Labute approximate surface area is 135 Å². The average molecular weight is 462 g/mol. The predicted molar refractivity (Wildman–Crippen MR) is 88.5 cm³/mol. The van der Waals surface area contributed by atoms with Crippen molar-refractivity contribution in [3.8, 4) is 0 Å². The summed E-state index contributed by atoms with van der Waals surface area (Å²) in [5, 5.41) is -0.628. The Morgan fingerprint density at radius 1 is 1.05 bits per heavy atom. The molecule has 0 saturated carbocycles. The summed E-state index contributed by atoms with van der Waals surface area (Å²) in [5.74, 6) is 0. The molecule has 0 aliphatic rings. The van der Waals surface area contributed by atoms with Crippen molar-refractivity contribution < 1.29 is 25.5 Å². The maximum atomic E-state index is 12.6. The van der Waals surface area contributed by atoms with E-state index in [0.717, 1.165) is 0 Å². The van der Waals surface area contributed by atoms with Crippen molar-refractivity contribution in [2.45, 2.75) is 60.7 Å². The van der Waals surface area contributed by atoms with Gasteiger partial charge in [0.25, 0.3) is 0 Å². The lowest BCUT2D eigenvalue weighted by Crippen LogP contribution is -2.62. The molecule has 0 aliphatic carbocycles. The van der Waals surface area contributed by atoms with Gasteiger partial charge in [0.2, 0.25) is 8.32 Å². The predicted octanol–water partition coefficient (Wildman–Crippen LogP) is 4.45. The summed E-state index contributed by atoms with van der Waals surface area (Å²) in [4.78, 5) is 0. The minimum Gasteiger partial charge on any atom is -0.307 e. The number of halogens is 4. The fourth-order valence-corrected chi connectivity index (χ4v) is 18.0. The highest BCUT2D eigenvalue weighted by Gasteiger charge is 2.59. The highest BCUT2D eigenvalue weighted by Crippen LogP contribution is 2.46. The monoisotopic (exact) mass is 462 g/mol. The van der Waals surface area contributed by atoms with Crippen LogP contribution in [0.25, 0.3) is 0 Å². The van der Waals surface area contributed by atoms with E-state index in [-0.39, 0.29) is 3.17 Å². The summed E-state index contributed by atoms with van der Waals surface area (Å²) in [7, 11) is -10.6. The third-order valence-corrected chi connectivity index (χ3v) is 25.0. The summed E-state index contributed by atoms with van der Waals surface area (Å²) in [6.45, 7) is 12.8. The SMILES string of the molecule is CC(C)(C)[Si](C)(OS(=O)(=O)C(F)(F)F)C(I)[Si](C)(C)C. The highest BCUT2D eigenvalue weighted by atomic mass is 127. The minimum absolute atomic E-state index is 0.176. The summed E-state index contributed by atoms with van der Waals surface area (Å²) in [5.41, 5.74) is -5.37. The Hall–Kier alpha value is 0.864. The van der Waals surface area contributed by atoms with Crippen molar-refractivity contribution in [3.63, 3.8) is 0 Å². The molecule has 0 fully saturated rings. The molecule has 3 nitrogen and oxygen atoms in total. The molecule has 122 valence electrons. The molecule has 0 saturated heterocycles. The fourth-order valence-electron chi connectivity index (χ4n) is 1.65. The smallest absolute Gasteiger partial charge is 0.307 e. The first-order valence-electron chi connectivity index (χ1n) is 6.02. The van der Waals surface area contributed by atoms with Gasteiger partial charge in [-0.3, -0.25) is 0 Å². The molecule has 0 heterocycles. The van der Waals surface area contributed by atoms with E-state index >= 15 is 0 Å². The van der Waals surface area contributed by atoms with Gasteiger partial charge in [0.1, 0.15) is 0 Å². The molecule has 0 aliphatic heterocycles. The quantitative estimate of drug-likeness (QED) is 0.268. The summed E-state index contributed by atoms with van der Waals surface area (Å²) in [6.07, 6.45) is 0. The van der Waals surface area contributed by atoms with Crippen LogP contribution in [0.15, 0.2) is 0 Å². The fraction of sp³-hybridized carbons (Fsp3) is 1.00. The number of hydrogen-bond donors (Lipinski definition) is 0. The second-order valence-corrected chi connectivity index (χ2v) is 22.9. The molecule has 0 aromatic rings. The van der Waals surface area contributed by atoms with Crippen molar-refractivity contribution in [1.82, 2.24) is 0 Å². The van der Waals surface area contributed by atoms with Gasteiger partial charge in [-0.1, -0.05) is 63.0 Å². The third kappa shape index (κ3) is 4.43. The van der Waals surface area contributed by atoms with E-state index in [9.17, 15) is 21.6 Å². The first-order valence-corrected chi connectivity index (χ1v) is 14.7. The lowest BCUT2D eigenvalue weighted by atomic mass is 10.2. The van der Waals surface area contributed by atoms with Crippen molar-refractivity contribution in [1.29, 1.82) is 0 Å². The normalized spacial score (nSPS) is 19.6. The molecular formula is C10H22F3IO3SSi2. The van der Waals surface area contributed by atoms with Crippen molar-refractivity contribution >= 4 is 49.1 Å². The third-order valence-electron chi connectivity index (χ3n) is 3.30. The van der Waals surface area contributed by atoms with Crippen LogP contribution >= 0.6 is 22.6 Å². The maximum Gasteiger partial charge on any atom is 0.522 e. The van der Waals surface area contributed by atoms with E-state index in [1.807, 2.05) is 19.6 Å². The topological polar surface area (TPSA) is 43.4 Å². The Morgan fingerprint density at radius 3 is 1.60 bits per heavy atom. The van der Waals surface area contributed by atoms with Crippen LogP contribution in [0.4, 0.5) is 13.2 Å². The van der Waals surface area contributed by atoms with Gasteiger partial charge in [-0.25, -0.2) is 0 Å². The number of hydrogen-bond acceptors (Lipinski definition) is 3. The molecule has 0 aromatic heterocycles. The molecule has 0 amide bonds. The van der Waals surface area contributed by atoms with Crippen LogP contribution in [0, 0.1) is 0 Å². The Morgan fingerprint density at radius 2 is 1.40 bits per heavy atom. The standard InChI is InChI=1S/C10H22F3IO3SSi2/c1-9(2,3)20(7,8(14)19(4,5)6)17-18(15,16)10(11,12)13/h8H,1-7H3. The van der Waals surface area contributed by atoms with Gasteiger partial charge in [-0.15, -0.1) is 0 Å². The minimum atomic E-state index is -5.56. The van der Waals surface area contributed by atoms with Gasteiger partial charge in [-0.05, 0) is 11.6 Å². The Bertz CT molecular complexity index is 454. The lowest BCUT2D eigenvalue weighted by Gasteiger charge is -2.45. The highest BCUT2D eigenvalue weighted by molar-refractivity contribution is 14.1. The van der Waals surface area contributed by atoms with Crippen LogP contribution < -0.4 is 0 Å². The van der Waals surface area contributed by atoms with Gasteiger partial charge in [0, 0.05) is 3.17 Å². The second-order valence-electron chi connectivity index (χ2n) is 7.07. The molecule has 10 heteroatoms. The molecule has 0 rings (SSSR count). The van der Waals surface area contributed by atoms with Gasteiger partial charge in [0.05, 0.1) is 8.07 Å². The van der Waals surface area contributed by atoms with Gasteiger partial charge >= 0.3 is 15.6 Å². The van der Waals surface area contributed by atoms with Crippen LogP contribution in [0.2, 0.25) is 31.2 Å². The molecule has 0 aromatic carbocycles. The van der Waals surface area contributed by atoms with Gasteiger partial charge in [-0.2, -0.15) is 21.6 Å². The lowest BCUT2D eigenvalue weighted by molar-refractivity contribution is -0.0505. The molecule has 0 N–H and O–H groups in total. The van der Waals surface area contributed by atoms with Crippen LogP contribution in [0.3, 0.4) is 0 Å². The van der Waals surface area contributed by atoms with E-state index < -0.39 is 37.1 Å². The molecule has 0 radical (unpaired) electrons. The van der Waals surface area contributed by atoms with Crippen LogP contribution in [0.5, 0.6) is 0 Å². The molecule has 2 atom stereocenters. The largest absolute Gasteiger partial charge is 0.522 e. The Balaban J connectivity index is 5.88. The van der Waals surface area contributed by atoms with Crippen molar-refractivity contribution in [3.05, 3.63) is 0 Å². The zero-order valence-corrected chi connectivity index (χ0v) is 17.7. The number of rotatable bonds is 4. The molecule has 0 spiro atoms. The van der Waals surface area contributed by atoms with Crippen LogP contribution in [-0.2, 0) is 14.0 Å². The van der Waals surface area contributed by atoms with Crippen molar-refractivity contribution in [2.24, 2.45) is 0 Å². The molecule has 20 heavy (non-hydrogen) atoms. The van der Waals surface area contributed by atoms with E-state index in [4.69, 9.17) is 3.87 Å². The summed E-state index contributed by atoms with van der Waals surface area (Å²) >= 11 is 2.09. The van der Waals surface area contributed by atoms with E-state index in [0.29, 0.717) is 0 Å². The van der Waals surface area contributed by atoms with Crippen LogP contribution in [-0.4, -0.2) is 33.5 Å². The zero-order chi connectivity index (χ0) is 16.8. The molecular weight excluding hydrogens is 440 g/mol. The maximum absolute atomic E-state index is 12.6. The second kappa shape index (κ2) is 5.82. The Kier molecular flexibility index (Phi) is 6.07. The molecule has 0 bridgehead atoms.